The fourth-order valence-corrected chi connectivity index (χ4v) is 2.24. The van der Waals surface area contributed by atoms with Gasteiger partial charge in [0.1, 0.15) is 11.9 Å². The van der Waals surface area contributed by atoms with E-state index in [2.05, 4.69) is 4.29 Å². The molecule has 0 saturated carbocycles. The Morgan fingerprint density at radius 2 is 1.26 bits per heavy atom. The fraction of sp³-hybridized carbons (Fsp3) is 0.0714. The predicted octanol–water partition coefficient (Wildman–Crippen LogP) is 4.03. The lowest BCUT2D eigenvalue weighted by Gasteiger charge is -2.24. The van der Waals surface area contributed by atoms with Gasteiger partial charge >= 0.3 is 5.97 Å². The Bertz CT molecular complexity index is 492. The van der Waals surface area contributed by atoms with E-state index in [1.165, 1.54) is 0 Å². The number of rotatable bonds is 3. The molecule has 0 atom stereocenters. The van der Waals surface area contributed by atoms with E-state index >= 15 is 0 Å². The highest BCUT2D eigenvalue weighted by Gasteiger charge is 2.41. The number of hydrogen-bond donors (Lipinski definition) is 1. The van der Waals surface area contributed by atoms with E-state index in [9.17, 15) is 4.79 Å². The number of hydrogen-bond acceptors (Lipinski definition) is 3. The zero-order valence-electron chi connectivity index (χ0n) is 10.1. The minimum absolute atomic E-state index is 0. The Labute approximate surface area is 121 Å². The number of benzene rings is 2. The van der Waals surface area contributed by atoms with Crippen LogP contribution in [0.4, 0.5) is 0 Å². The Morgan fingerprint density at radius 1 is 0.895 bits per heavy atom. The second-order valence-electron chi connectivity index (χ2n) is 3.76. The lowest BCUT2D eigenvalue weighted by atomic mass is 9.90. The summed E-state index contributed by atoms with van der Waals surface area (Å²) in [5.41, 5.74) is 1.23. The summed E-state index contributed by atoms with van der Waals surface area (Å²) in [5, 5.41) is 0. The average Bonchev–Trinajstić information content (AvgIpc) is 2.47. The van der Waals surface area contributed by atoms with Crippen LogP contribution in [0.1, 0.15) is 11.1 Å². The molecule has 0 saturated heterocycles. The van der Waals surface area contributed by atoms with Crippen LogP contribution in [0, 0.1) is 0 Å². The van der Waals surface area contributed by atoms with Crippen molar-refractivity contribution in [3.8, 4) is 0 Å². The average molecular weight is 298 g/mol. The molecule has 0 fully saturated rings. The van der Waals surface area contributed by atoms with E-state index < -0.39 is 10.8 Å². The minimum Gasteiger partial charge on any atom is -0.345 e. The lowest BCUT2D eigenvalue weighted by Crippen LogP contribution is -2.31. The van der Waals surface area contributed by atoms with Gasteiger partial charge in [-0.3, -0.25) is 0 Å². The summed E-state index contributed by atoms with van der Waals surface area (Å²) < 4.78 is 4.33. The highest BCUT2D eigenvalue weighted by molar-refractivity contribution is 6.37. The van der Waals surface area contributed by atoms with Gasteiger partial charge in [-0.1, -0.05) is 72.3 Å². The molecule has 19 heavy (non-hydrogen) atoms. The van der Waals surface area contributed by atoms with E-state index in [0.717, 1.165) is 0 Å². The van der Waals surface area contributed by atoms with Gasteiger partial charge in [-0.05, 0) is 11.1 Å². The molecule has 3 nitrogen and oxygen atoms in total. The first-order chi connectivity index (χ1) is 8.69. The van der Waals surface area contributed by atoms with Crippen LogP contribution in [0.5, 0.6) is 0 Å². The number of carbonyl (C=O) groups excluding carboxylic acids is 1. The van der Waals surface area contributed by atoms with Crippen LogP contribution in [0.25, 0.3) is 0 Å². The van der Waals surface area contributed by atoms with Gasteiger partial charge < -0.3 is 10.4 Å². The second-order valence-corrected chi connectivity index (χ2v) is 4.48. The predicted molar refractivity (Wildman–Crippen MR) is 76.5 cm³/mol. The molecule has 0 aliphatic heterocycles. The molecule has 2 aromatic rings. The third kappa shape index (κ3) is 2.89. The first kappa shape index (κ1) is 15.5. The van der Waals surface area contributed by atoms with Gasteiger partial charge in [0.25, 0.3) is 0 Å². The summed E-state index contributed by atoms with van der Waals surface area (Å²) >= 11 is 11.7. The maximum Gasteiger partial charge on any atom is 0.354 e. The third-order valence-electron chi connectivity index (χ3n) is 2.69. The maximum absolute atomic E-state index is 11.9. The monoisotopic (exact) mass is 297 g/mol. The molecule has 0 aliphatic rings. The highest BCUT2D eigenvalue weighted by Crippen LogP contribution is 2.38. The van der Waals surface area contributed by atoms with Crippen molar-refractivity contribution in [1.82, 2.24) is 6.15 Å². The topological polar surface area (TPSA) is 61.3 Å². The van der Waals surface area contributed by atoms with Crippen molar-refractivity contribution in [2.75, 3.05) is 0 Å². The summed E-state index contributed by atoms with van der Waals surface area (Å²) in [6.07, 6.45) is 0. The molecule has 3 N–H and O–H groups in total. The molecule has 0 heterocycles. The molecule has 0 aromatic heterocycles. The summed E-state index contributed by atoms with van der Waals surface area (Å²) in [4.78, 5) is 10.5. The number of alkyl halides is 1. The van der Waals surface area contributed by atoms with Crippen LogP contribution < -0.4 is 6.15 Å². The van der Waals surface area contributed by atoms with Crippen LogP contribution >= 0.6 is 23.5 Å². The molecule has 0 spiro atoms. The molecule has 0 amide bonds. The highest BCUT2D eigenvalue weighted by atomic mass is 35.5. The lowest BCUT2D eigenvalue weighted by molar-refractivity contribution is -0.136. The molecule has 0 bridgehead atoms. The molecule has 2 aromatic carbocycles. The Balaban J connectivity index is 0.00000180. The molecule has 100 valence electrons. The first-order valence-electron chi connectivity index (χ1n) is 5.32. The fourth-order valence-electron chi connectivity index (χ4n) is 1.79. The van der Waals surface area contributed by atoms with Crippen LogP contribution in [-0.2, 0) is 14.0 Å². The quantitative estimate of drug-likeness (QED) is 0.870. The summed E-state index contributed by atoms with van der Waals surface area (Å²) in [6.45, 7) is 0. The SMILES string of the molecule is N.O=C(OCl)C(Cl)(c1ccccc1)c1ccccc1. The molecule has 0 unspecified atom stereocenters. The summed E-state index contributed by atoms with van der Waals surface area (Å²) in [6, 6.07) is 17.9. The molecule has 2 rings (SSSR count). The first-order valence-corrected chi connectivity index (χ1v) is 6.01. The smallest absolute Gasteiger partial charge is 0.345 e. The van der Waals surface area contributed by atoms with Crippen molar-refractivity contribution in [1.29, 1.82) is 0 Å². The molecular weight excluding hydrogens is 285 g/mol. The summed E-state index contributed by atoms with van der Waals surface area (Å²) in [5.74, 6) is -0.719. The van der Waals surface area contributed by atoms with Crippen LogP contribution in [-0.4, -0.2) is 5.97 Å². The summed E-state index contributed by atoms with van der Waals surface area (Å²) in [7, 11) is 0. The zero-order chi connectivity index (χ0) is 13.0. The normalized spacial score (nSPS) is 10.4. The molecule has 5 heteroatoms. The van der Waals surface area contributed by atoms with Gasteiger partial charge in [0, 0.05) is 0 Å². The maximum atomic E-state index is 11.9. The molecule has 0 radical (unpaired) electrons. The Morgan fingerprint density at radius 3 is 1.58 bits per heavy atom. The third-order valence-corrected chi connectivity index (χ3v) is 3.43. The van der Waals surface area contributed by atoms with E-state index in [1.807, 2.05) is 12.1 Å². The van der Waals surface area contributed by atoms with Crippen molar-refractivity contribution < 1.29 is 9.08 Å². The van der Waals surface area contributed by atoms with Gasteiger partial charge in [0.2, 0.25) is 0 Å². The molecular formula is C14H13Cl2NO2. The van der Waals surface area contributed by atoms with Crippen molar-refractivity contribution in [2.24, 2.45) is 0 Å². The van der Waals surface area contributed by atoms with E-state index in [-0.39, 0.29) is 6.15 Å². The second kappa shape index (κ2) is 6.57. The van der Waals surface area contributed by atoms with Crippen molar-refractivity contribution in [3.63, 3.8) is 0 Å². The van der Waals surface area contributed by atoms with Crippen LogP contribution in [0.2, 0.25) is 0 Å². The largest absolute Gasteiger partial charge is 0.354 e. The number of carbonyl (C=O) groups is 1. The van der Waals surface area contributed by atoms with Gasteiger partial charge in [-0.25, -0.2) is 4.79 Å². The van der Waals surface area contributed by atoms with Gasteiger partial charge in [-0.2, -0.15) is 0 Å². The standard InChI is InChI=1S/C14H10Cl2O2.H3N/c15-14(13(17)18-16,11-7-3-1-4-8-11)12-9-5-2-6-10-12;/h1-10H;1H3. The van der Waals surface area contributed by atoms with Gasteiger partial charge in [0.15, 0.2) is 4.87 Å². The van der Waals surface area contributed by atoms with Gasteiger partial charge in [-0.15, -0.1) is 0 Å². The van der Waals surface area contributed by atoms with Crippen molar-refractivity contribution in [3.05, 3.63) is 71.8 Å². The van der Waals surface area contributed by atoms with E-state index in [0.29, 0.717) is 11.1 Å². The van der Waals surface area contributed by atoms with Crippen molar-refractivity contribution >= 4 is 29.4 Å². The van der Waals surface area contributed by atoms with Gasteiger partial charge in [0.05, 0.1) is 0 Å². The number of halogens is 2. The zero-order valence-corrected chi connectivity index (χ0v) is 11.6. The Kier molecular flexibility index (Phi) is 5.36. The van der Waals surface area contributed by atoms with E-state index in [1.54, 1.807) is 48.5 Å². The minimum atomic E-state index is -1.43. The van der Waals surface area contributed by atoms with E-state index in [4.69, 9.17) is 23.5 Å². The Hall–Kier alpha value is -1.55. The molecule has 0 aliphatic carbocycles. The van der Waals surface area contributed by atoms with Crippen LogP contribution in [0.3, 0.4) is 0 Å². The van der Waals surface area contributed by atoms with Crippen molar-refractivity contribution in [2.45, 2.75) is 4.87 Å². The van der Waals surface area contributed by atoms with Crippen LogP contribution in [0.15, 0.2) is 60.7 Å².